The van der Waals surface area contributed by atoms with E-state index in [0.29, 0.717) is 6.54 Å². The van der Waals surface area contributed by atoms with E-state index in [4.69, 9.17) is 5.73 Å². The number of pyridine rings is 1. The normalized spacial score (nSPS) is 10.1. The van der Waals surface area contributed by atoms with E-state index < -0.39 is 0 Å². The van der Waals surface area contributed by atoms with Gasteiger partial charge in [-0.1, -0.05) is 18.2 Å². The average Bonchev–Trinajstić information content (AvgIpc) is 2.39. The summed E-state index contributed by atoms with van der Waals surface area (Å²) in [5.41, 5.74) is 8.99. The van der Waals surface area contributed by atoms with Crippen LogP contribution >= 0.6 is 0 Å². The second-order valence-corrected chi connectivity index (χ2v) is 3.60. The van der Waals surface area contributed by atoms with Gasteiger partial charge in [0, 0.05) is 25.5 Å². The van der Waals surface area contributed by atoms with Gasteiger partial charge in [0.15, 0.2) is 0 Å². The lowest BCUT2D eigenvalue weighted by Gasteiger charge is -2.21. The van der Waals surface area contributed by atoms with Crippen molar-refractivity contribution >= 4 is 11.4 Å². The summed E-state index contributed by atoms with van der Waals surface area (Å²) < 4.78 is 0. The van der Waals surface area contributed by atoms with Crippen LogP contribution in [0.5, 0.6) is 0 Å². The second-order valence-electron chi connectivity index (χ2n) is 3.60. The van der Waals surface area contributed by atoms with E-state index in [0.717, 1.165) is 16.9 Å². The molecule has 2 N–H and O–H groups in total. The molecule has 0 atom stereocenters. The molecule has 3 nitrogen and oxygen atoms in total. The van der Waals surface area contributed by atoms with Gasteiger partial charge < -0.3 is 10.6 Å². The van der Waals surface area contributed by atoms with Crippen LogP contribution in [0.4, 0.5) is 11.4 Å². The van der Waals surface area contributed by atoms with E-state index in [1.807, 2.05) is 37.5 Å². The van der Waals surface area contributed by atoms with Crippen molar-refractivity contribution < 1.29 is 0 Å². The summed E-state index contributed by atoms with van der Waals surface area (Å²) in [6.07, 6.45) is 3.61. The molecule has 0 bridgehead atoms. The van der Waals surface area contributed by atoms with Crippen molar-refractivity contribution in [3.63, 3.8) is 0 Å². The van der Waals surface area contributed by atoms with Crippen LogP contribution in [0, 0.1) is 0 Å². The van der Waals surface area contributed by atoms with Crippen LogP contribution < -0.4 is 10.6 Å². The lowest BCUT2D eigenvalue weighted by molar-refractivity contribution is 1.03. The molecule has 2 rings (SSSR count). The molecule has 0 saturated carbocycles. The van der Waals surface area contributed by atoms with E-state index in [1.54, 1.807) is 6.20 Å². The molecule has 82 valence electrons. The maximum absolute atomic E-state index is 5.71. The van der Waals surface area contributed by atoms with Crippen LogP contribution in [0.3, 0.4) is 0 Å². The Labute approximate surface area is 95.5 Å². The van der Waals surface area contributed by atoms with Gasteiger partial charge in [-0.2, -0.15) is 0 Å². The number of hydrogen-bond donors (Lipinski definition) is 1. The van der Waals surface area contributed by atoms with E-state index >= 15 is 0 Å². The monoisotopic (exact) mass is 213 g/mol. The van der Waals surface area contributed by atoms with Gasteiger partial charge in [0.25, 0.3) is 0 Å². The number of nitrogens with two attached hydrogens (primary N) is 1. The van der Waals surface area contributed by atoms with Gasteiger partial charge in [0.2, 0.25) is 0 Å². The molecule has 3 heteroatoms. The van der Waals surface area contributed by atoms with E-state index in [9.17, 15) is 0 Å². The van der Waals surface area contributed by atoms with Gasteiger partial charge >= 0.3 is 0 Å². The highest BCUT2D eigenvalue weighted by molar-refractivity contribution is 5.64. The Bertz CT molecular complexity index is 454. The number of nitrogens with zero attached hydrogens (tertiary/aromatic N) is 2. The number of para-hydroxylation sites is 1. The third-order valence-electron chi connectivity index (χ3n) is 2.61. The fourth-order valence-electron chi connectivity index (χ4n) is 1.68. The van der Waals surface area contributed by atoms with Gasteiger partial charge in [-0.05, 0) is 23.8 Å². The lowest BCUT2D eigenvalue weighted by atomic mass is 10.2. The highest BCUT2D eigenvalue weighted by atomic mass is 15.1. The zero-order valence-electron chi connectivity index (χ0n) is 9.30. The quantitative estimate of drug-likeness (QED) is 0.850. The van der Waals surface area contributed by atoms with E-state index in [2.05, 4.69) is 22.0 Å². The second kappa shape index (κ2) is 4.77. The SMILES string of the molecule is CN(c1ccccc1)c1cnccc1CN. The minimum absolute atomic E-state index is 0.523. The maximum atomic E-state index is 5.71. The summed E-state index contributed by atoms with van der Waals surface area (Å²) in [6, 6.07) is 12.1. The molecule has 1 aromatic heterocycles. The van der Waals surface area contributed by atoms with Crippen molar-refractivity contribution in [2.75, 3.05) is 11.9 Å². The van der Waals surface area contributed by atoms with Crippen LogP contribution in [-0.2, 0) is 6.54 Å². The predicted molar refractivity (Wildman–Crippen MR) is 66.6 cm³/mol. The Balaban J connectivity index is 2.37. The van der Waals surface area contributed by atoms with Crippen molar-refractivity contribution in [3.05, 3.63) is 54.4 Å². The number of benzene rings is 1. The summed E-state index contributed by atoms with van der Waals surface area (Å²) in [5, 5.41) is 0. The number of anilines is 2. The first-order valence-corrected chi connectivity index (χ1v) is 5.24. The Kier molecular flexibility index (Phi) is 3.17. The van der Waals surface area contributed by atoms with Crippen LogP contribution in [-0.4, -0.2) is 12.0 Å². The summed E-state index contributed by atoms with van der Waals surface area (Å²) in [7, 11) is 2.02. The summed E-state index contributed by atoms with van der Waals surface area (Å²) in [5.74, 6) is 0. The smallest absolute Gasteiger partial charge is 0.0640 e. The molecule has 0 radical (unpaired) electrons. The van der Waals surface area contributed by atoms with Crippen molar-refractivity contribution in [1.29, 1.82) is 0 Å². The van der Waals surface area contributed by atoms with Gasteiger partial charge in [-0.25, -0.2) is 0 Å². The molecule has 0 spiro atoms. The Hall–Kier alpha value is -1.87. The number of hydrogen-bond acceptors (Lipinski definition) is 3. The van der Waals surface area contributed by atoms with Gasteiger partial charge in [-0.15, -0.1) is 0 Å². The summed E-state index contributed by atoms with van der Waals surface area (Å²) >= 11 is 0. The van der Waals surface area contributed by atoms with E-state index in [-0.39, 0.29) is 0 Å². The lowest BCUT2D eigenvalue weighted by Crippen LogP contribution is -2.13. The zero-order valence-corrected chi connectivity index (χ0v) is 9.30. The molecule has 0 amide bonds. The van der Waals surface area contributed by atoms with Gasteiger partial charge in [0.1, 0.15) is 0 Å². The Morgan fingerprint density at radius 3 is 2.62 bits per heavy atom. The first-order chi connectivity index (χ1) is 7.83. The molecule has 0 aliphatic heterocycles. The Morgan fingerprint density at radius 2 is 1.94 bits per heavy atom. The van der Waals surface area contributed by atoms with Gasteiger partial charge in [0.05, 0.1) is 11.9 Å². The molecule has 0 fully saturated rings. The molecular weight excluding hydrogens is 198 g/mol. The molecule has 16 heavy (non-hydrogen) atoms. The van der Waals surface area contributed by atoms with Crippen LogP contribution in [0.15, 0.2) is 48.8 Å². The minimum atomic E-state index is 0.523. The molecule has 0 saturated heterocycles. The highest BCUT2D eigenvalue weighted by Crippen LogP contribution is 2.25. The first kappa shape index (κ1) is 10.6. The van der Waals surface area contributed by atoms with Crippen LogP contribution in [0.2, 0.25) is 0 Å². The number of aromatic nitrogens is 1. The van der Waals surface area contributed by atoms with Crippen molar-refractivity contribution in [2.45, 2.75) is 6.54 Å². The minimum Gasteiger partial charge on any atom is -0.343 e. The van der Waals surface area contributed by atoms with Crippen molar-refractivity contribution in [3.8, 4) is 0 Å². The topological polar surface area (TPSA) is 42.2 Å². The summed E-state index contributed by atoms with van der Waals surface area (Å²) in [6.45, 7) is 0.523. The average molecular weight is 213 g/mol. The molecule has 0 aliphatic rings. The van der Waals surface area contributed by atoms with Crippen LogP contribution in [0.25, 0.3) is 0 Å². The standard InChI is InChI=1S/C13H15N3/c1-16(12-5-3-2-4-6-12)13-10-15-8-7-11(13)9-14/h2-8,10H,9,14H2,1H3. The zero-order chi connectivity index (χ0) is 11.4. The largest absolute Gasteiger partial charge is 0.343 e. The number of rotatable bonds is 3. The highest BCUT2D eigenvalue weighted by Gasteiger charge is 2.07. The Morgan fingerprint density at radius 1 is 1.19 bits per heavy atom. The van der Waals surface area contributed by atoms with Crippen molar-refractivity contribution in [1.82, 2.24) is 4.98 Å². The maximum Gasteiger partial charge on any atom is 0.0640 e. The fourth-order valence-corrected chi connectivity index (χ4v) is 1.68. The molecular formula is C13H15N3. The third kappa shape index (κ3) is 2.04. The molecule has 0 unspecified atom stereocenters. The first-order valence-electron chi connectivity index (χ1n) is 5.24. The predicted octanol–water partition coefficient (Wildman–Crippen LogP) is 2.31. The van der Waals surface area contributed by atoms with Crippen LogP contribution in [0.1, 0.15) is 5.56 Å². The third-order valence-corrected chi connectivity index (χ3v) is 2.61. The fraction of sp³-hybridized carbons (Fsp3) is 0.154. The molecule has 1 aromatic carbocycles. The molecule has 0 aliphatic carbocycles. The molecule has 1 heterocycles. The summed E-state index contributed by atoms with van der Waals surface area (Å²) in [4.78, 5) is 6.24. The van der Waals surface area contributed by atoms with Gasteiger partial charge in [-0.3, -0.25) is 4.98 Å². The molecule has 2 aromatic rings. The van der Waals surface area contributed by atoms with E-state index in [1.165, 1.54) is 0 Å². The van der Waals surface area contributed by atoms with Crippen molar-refractivity contribution in [2.24, 2.45) is 5.73 Å².